The van der Waals surface area contributed by atoms with Crippen molar-refractivity contribution in [3.63, 3.8) is 0 Å². The maximum absolute atomic E-state index is 10.6. The molecule has 4 N–H and O–H groups in total. The van der Waals surface area contributed by atoms with Crippen molar-refractivity contribution in [1.82, 2.24) is 10.0 Å². The monoisotopic (exact) mass is 209 g/mol. The van der Waals surface area contributed by atoms with E-state index in [4.69, 9.17) is 5.73 Å². The van der Waals surface area contributed by atoms with Gasteiger partial charge in [0, 0.05) is 26.1 Å². The number of rotatable bonds is 7. The molecule has 0 aliphatic heterocycles. The molecule has 1 amide bonds. The smallest absolute Gasteiger partial charge is 0.218 e. The first-order chi connectivity index (χ1) is 5.92. The van der Waals surface area contributed by atoms with E-state index < -0.39 is 10.0 Å². The fraction of sp³-hybridized carbons (Fsp3) is 0.833. The van der Waals surface area contributed by atoms with Crippen LogP contribution in [0.15, 0.2) is 0 Å². The minimum absolute atomic E-state index is 0.263. The van der Waals surface area contributed by atoms with Crippen molar-refractivity contribution in [3.05, 3.63) is 0 Å². The average Bonchev–Trinajstić information content (AvgIpc) is 1.93. The summed E-state index contributed by atoms with van der Waals surface area (Å²) in [5, 5.41) is 2.86. The summed E-state index contributed by atoms with van der Waals surface area (Å²) < 4.78 is 23.4. The first-order valence-electron chi connectivity index (χ1n) is 3.85. The zero-order valence-electron chi connectivity index (χ0n) is 7.54. The van der Waals surface area contributed by atoms with Gasteiger partial charge < -0.3 is 11.1 Å². The third-order valence-electron chi connectivity index (χ3n) is 1.21. The first kappa shape index (κ1) is 12.3. The van der Waals surface area contributed by atoms with Crippen LogP contribution in [0.4, 0.5) is 0 Å². The van der Waals surface area contributed by atoms with E-state index in [1.807, 2.05) is 0 Å². The molecule has 13 heavy (non-hydrogen) atoms. The van der Waals surface area contributed by atoms with Crippen molar-refractivity contribution in [3.8, 4) is 0 Å². The highest BCUT2D eigenvalue weighted by molar-refractivity contribution is 7.88. The van der Waals surface area contributed by atoms with Crippen LogP contribution in [0.5, 0.6) is 0 Å². The van der Waals surface area contributed by atoms with Crippen LogP contribution in [-0.4, -0.2) is 40.2 Å². The quantitative estimate of drug-likeness (QED) is 0.422. The Morgan fingerprint density at radius 2 is 1.92 bits per heavy atom. The second-order valence-corrected chi connectivity index (χ2v) is 4.47. The standard InChI is InChI=1S/C6H15N3O3S/c1-13(11,12)9-5-4-8-3-2-6(7)10/h8-9H,2-5H2,1H3,(H2,7,10). The minimum Gasteiger partial charge on any atom is -0.370 e. The summed E-state index contributed by atoms with van der Waals surface area (Å²) >= 11 is 0. The van der Waals surface area contributed by atoms with Gasteiger partial charge in [0.2, 0.25) is 15.9 Å². The van der Waals surface area contributed by atoms with E-state index in [1.165, 1.54) is 0 Å². The van der Waals surface area contributed by atoms with Crippen LogP contribution in [-0.2, 0) is 14.8 Å². The number of hydrogen-bond donors (Lipinski definition) is 3. The molecule has 0 aromatic rings. The van der Waals surface area contributed by atoms with E-state index in [9.17, 15) is 13.2 Å². The van der Waals surface area contributed by atoms with E-state index in [0.717, 1.165) is 6.26 Å². The SMILES string of the molecule is CS(=O)(=O)NCCNCCC(N)=O. The zero-order valence-corrected chi connectivity index (χ0v) is 8.36. The molecule has 0 spiro atoms. The van der Waals surface area contributed by atoms with Crippen molar-refractivity contribution in [2.45, 2.75) is 6.42 Å². The van der Waals surface area contributed by atoms with Gasteiger partial charge in [-0.25, -0.2) is 13.1 Å². The number of amides is 1. The van der Waals surface area contributed by atoms with Gasteiger partial charge in [0.05, 0.1) is 6.26 Å². The topological polar surface area (TPSA) is 101 Å². The molecule has 0 aromatic carbocycles. The predicted molar refractivity (Wildman–Crippen MR) is 49.5 cm³/mol. The van der Waals surface area contributed by atoms with Crippen molar-refractivity contribution in [2.24, 2.45) is 5.73 Å². The number of hydrogen-bond acceptors (Lipinski definition) is 4. The Balaban J connectivity index is 3.23. The van der Waals surface area contributed by atoms with Crippen LogP contribution in [0, 0.1) is 0 Å². The highest BCUT2D eigenvalue weighted by Gasteiger charge is 1.98. The molecule has 0 heterocycles. The van der Waals surface area contributed by atoms with Crippen molar-refractivity contribution in [1.29, 1.82) is 0 Å². The molecule has 78 valence electrons. The second kappa shape index (κ2) is 5.90. The van der Waals surface area contributed by atoms with Crippen LogP contribution < -0.4 is 15.8 Å². The maximum atomic E-state index is 10.6. The Morgan fingerprint density at radius 3 is 2.38 bits per heavy atom. The molecule has 0 aliphatic rings. The number of primary amides is 1. The summed E-state index contributed by atoms with van der Waals surface area (Å²) in [4.78, 5) is 10.3. The predicted octanol–water partition coefficient (Wildman–Crippen LogP) is -2.00. The Hall–Kier alpha value is -0.660. The molecule has 0 saturated heterocycles. The van der Waals surface area contributed by atoms with Gasteiger partial charge >= 0.3 is 0 Å². The Bertz CT molecular complexity index is 250. The molecular formula is C6H15N3O3S. The fourth-order valence-corrected chi connectivity index (χ4v) is 1.13. The van der Waals surface area contributed by atoms with Gasteiger partial charge in [-0.05, 0) is 0 Å². The highest BCUT2D eigenvalue weighted by Crippen LogP contribution is 1.73. The molecular weight excluding hydrogens is 194 g/mol. The lowest BCUT2D eigenvalue weighted by Crippen LogP contribution is -2.32. The van der Waals surface area contributed by atoms with Crippen LogP contribution in [0.25, 0.3) is 0 Å². The third-order valence-corrected chi connectivity index (χ3v) is 1.94. The molecule has 0 atom stereocenters. The van der Waals surface area contributed by atoms with E-state index in [2.05, 4.69) is 10.0 Å². The second-order valence-electron chi connectivity index (χ2n) is 2.63. The number of carbonyl (C=O) groups excluding carboxylic acids is 1. The summed E-state index contributed by atoms with van der Waals surface area (Å²) in [6, 6.07) is 0. The molecule has 6 nitrogen and oxygen atoms in total. The van der Waals surface area contributed by atoms with Crippen molar-refractivity contribution in [2.75, 3.05) is 25.9 Å². The Kier molecular flexibility index (Phi) is 5.60. The van der Waals surface area contributed by atoms with Gasteiger partial charge in [0.25, 0.3) is 0 Å². The van der Waals surface area contributed by atoms with Crippen LogP contribution >= 0.6 is 0 Å². The van der Waals surface area contributed by atoms with Gasteiger partial charge in [-0.2, -0.15) is 0 Å². The third kappa shape index (κ3) is 11.3. The van der Waals surface area contributed by atoms with E-state index >= 15 is 0 Å². The number of nitrogens with one attached hydrogen (secondary N) is 2. The summed E-state index contributed by atoms with van der Waals surface area (Å²) in [6.07, 6.45) is 1.36. The molecule has 0 aliphatic carbocycles. The Morgan fingerprint density at radius 1 is 1.31 bits per heavy atom. The Labute approximate surface area is 77.9 Å². The number of carbonyl (C=O) groups is 1. The molecule has 0 saturated carbocycles. The number of nitrogens with two attached hydrogens (primary N) is 1. The number of sulfonamides is 1. The minimum atomic E-state index is -3.11. The van der Waals surface area contributed by atoms with Crippen molar-refractivity contribution >= 4 is 15.9 Å². The first-order valence-corrected chi connectivity index (χ1v) is 5.74. The molecule has 0 bridgehead atoms. The normalized spacial score (nSPS) is 11.5. The van der Waals surface area contributed by atoms with Gasteiger partial charge in [-0.3, -0.25) is 4.79 Å². The van der Waals surface area contributed by atoms with E-state index in [0.29, 0.717) is 19.6 Å². The zero-order chi connectivity index (χ0) is 10.3. The van der Waals surface area contributed by atoms with Crippen molar-refractivity contribution < 1.29 is 13.2 Å². The summed E-state index contributed by atoms with van der Waals surface area (Å²) in [6.45, 7) is 1.28. The van der Waals surface area contributed by atoms with E-state index in [-0.39, 0.29) is 12.3 Å². The maximum Gasteiger partial charge on any atom is 0.218 e. The largest absolute Gasteiger partial charge is 0.370 e. The van der Waals surface area contributed by atoms with E-state index in [1.54, 1.807) is 0 Å². The molecule has 0 fully saturated rings. The molecule has 7 heteroatoms. The summed E-state index contributed by atoms with van der Waals surface area (Å²) in [5.74, 6) is -0.372. The van der Waals surface area contributed by atoms with Crippen LogP contribution in [0.3, 0.4) is 0 Å². The van der Waals surface area contributed by atoms with Gasteiger partial charge in [-0.1, -0.05) is 0 Å². The summed E-state index contributed by atoms with van der Waals surface area (Å²) in [7, 11) is -3.11. The lowest BCUT2D eigenvalue weighted by Gasteiger charge is -2.03. The summed E-state index contributed by atoms with van der Waals surface area (Å²) in [5.41, 5.74) is 4.89. The lowest BCUT2D eigenvalue weighted by molar-refractivity contribution is -0.117. The average molecular weight is 209 g/mol. The van der Waals surface area contributed by atoms with Crippen LogP contribution in [0.2, 0.25) is 0 Å². The fourth-order valence-electron chi connectivity index (χ4n) is 0.661. The van der Waals surface area contributed by atoms with Gasteiger partial charge in [-0.15, -0.1) is 0 Å². The lowest BCUT2D eigenvalue weighted by atomic mass is 10.4. The molecule has 0 radical (unpaired) electrons. The molecule has 0 unspecified atom stereocenters. The molecule has 0 aromatic heterocycles. The van der Waals surface area contributed by atoms with Gasteiger partial charge in [0.1, 0.15) is 0 Å². The highest BCUT2D eigenvalue weighted by atomic mass is 32.2. The molecule has 0 rings (SSSR count). The van der Waals surface area contributed by atoms with Crippen LogP contribution in [0.1, 0.15) is 6.42 Å². The van der Waals surface area contributed by atoms with Gasteiger partial charge in [0.15, 0.2) is 0 Å².